The van der Waals surface area contributed by atoms with Crippen LogP contribution < -0.4 is 4.90 Å². The van der Waals surface area contributed by atoms with E-state index in [0.717, 1.165) is 42.3 Å². The first-order chi connectivity index (χ1) is 9.66. The fourth-order valence-electron chi connectivity index (χ4n) is 2.64. The van der Waals surface area contributed by atoms with Gasteiger partial charge in [0.25, 0.3) is 0 Å². The van der Waals surface area contributed by atoms with Crippen LogP contribution in [0.5, 0.6) is 0 Å². The van der Waals surface area contributed by atoms with Crippen molar-refractivity contribution in [2.24, 2.45) is 0 Å². The molecule has 0 aliphatic carbocycles. The number of carboxylic acid groups (broad SMARTS) is 1. The van der Waals surface area contributed by atoms with Crippen LogP contribution in [-0.2, 0) is 6.42 Å². The first-order valence-electron chi connectivity index (χ1n) is 6.67. The standard InChI is InChI=1S/C14H16N2O3S/c17-13(18)11-2-1-10-3-4-16(12(10)9-11)14(19)15-5-7-20-8-6-15/h1-2,9H,3-8H2,(H,17,18). The lowest BCUT2D eigenvalue weighted by Gasteiger charge is -2.31. The molecule has 3 rings (SSSR count). The van der Waals surface area contributed by atoms with Crippen LogP contribution in [0.2, 0.25) is 0 Å². The predicted molar refractivity (Wildman–Crippen MR) is 78.7 cm³/mol. The summed E-state index contributed by atoms with van der Waals surface area (Å²) in [6.07, 6.45) is 0.795. The summed E-state index contributed by atoms with van der Waals surface area (Å²) in [7, 11) is 0. The third-order valence-electron chi connectivity index (χ3n) is 3.74. The lowest BCUT2D eigenvalue weighted by Crippen LogP contribution is -2.46. The second-order valence-electron chi connectivity index (χ2n) is 4.93. The number of hydrogen-bond acceptors (Lipinski definition) is 3. The maximum absolute atomic E-state index is 12.5. The summed E-state index contributed by atoms with van der Waals surface area (Å²) in [5.74, 6) is 0.991. The van der Waals surface area contributed by atoms with Crippen LogP contribution in [0.1, 0.15) is 15.9 Å². The molecule has 2 heterocycles. The Morgan fingerprint density at radius 3 is 2.60 bits per heavy atom. The largest absolute Gasteiger partial charge is 0.478 e. The predicted octanol–water partition coefficient (Wildman–Crippen LogP) is 1.92. The number of amides is 2. The first kappa shape index (κ1) is 13.3. The van der Waals surface area contributed by atoms with Crippen molar-refractivity contribution in [2.75, 3.05) is 36.0 Å². The third kappa shape index (κ3) is 2.35. The lowest BCUT2D eigenvalue weighted by molar-refractivity contribution is 0.0697. The molecule has 0 radical (unpaired) electrons. The number of aromatic carboxylic acids is 1. The minimum Gasteiger partial charge on any atom is -0.478 e. The number of carbonyl (C=O) groups excluding carboxylic acids is 1. The molecule has 2 aliphatic rings. The number of nitrogens with zero attached hydrogens (tertiary/aromatic N) is 2. The molecular formula is C14H16N2O3S. The fraction of sp³-hybridized carbons (Fsp3) is 0.429. The molecule has 0 atom stereocenters. The summed E-state index contributed by atoms with van der Waals surface area (Å²) in [5, 5.41) is 9.07. The molecule has 6 heteroatoms. The Morgan fingerprint density at radius 2 is 1.90 bits per heavy atom. The molecule has 0 spiro atoms. The van der Waals surface area contributed by atoms with Crippen LogP contribution in [0.4, 0.5) is 10.5 Å². The van der Waals surface area contributed by atoms with E-state index in [-0.39, 0.29) is 11.6 Å². The SMILES string of the molecule is O=C(O)c1ccc2c(c1)N(C(=O)N1CCSCC1)CC2. The van der Waals surface area contributed by atoms with E-state index in [9.17, 15) is 9.59 Å². The Balaban J connectivity index is 1.85. The van der Waals surface area contributed by atoms with E-state index in [0.29, 0.717) is 6.54 Å². The number of thioether (sulfide) groups is 1. The highest BCUT2D eigenvalue weighted by Crippen LogP contribution is 2.30. The van der Waals surface area contributed by atoms with E-state index in [2.05, 4.69) is 0 Å². The summed E-state index contributed by atoms with van der Waals surface area (Å²) < 4.78 is 0. The molecule has 1 fully saturated rings. The number of anilines is 1. The summed E-state index contributed by atoms with van der Waals surface area (Å²) in [4.78, 5) is 27.2. The molecule has 5 nitrogen and oxygen atoms in total. The van der Waals surface area contributed by atoms with Crippen LogP contribution in [0.3, 0.4) is 0 Å². The van der Waals surface area contributed by atoms with Gasteiger partial charge in [0.2, 0.25) is 0 Å². The van der Waals surface area contributed by atoms with Gasteiger partial charge in [-0.3, -0.25) is 4.90 Å². The van der Waals surface area contributed by atoms with Gasteiger partial charge in [-0.15, -0.1) is 0 Å². The summed E-state index contributed by atoms with van der Waals surface area (Å²) in [5.41, 5.74) is 2.04. The van der Waals surface area contributed by atoms with Crippen LogP contribution in [0.15, 0.2) is 18.2 Å². The van der Waals surface area contributed by atoms with E-state index >= 15 is 0 Å². The molecule has 2 amide bonds. The Bertz CT molecular complexity index is 555. The minimum atomic E-state index is -0.957. The maximum Gasteiger partial charge on any atom is 0.335 e. The average Bonchev–Trinajstić information content (AvgIpc) is 2.90. The van der Waals surface area contributed by atoms with Crippen molar-refractivity contribution >= 4 is 29.4 Å². The number of rotatable bonds is 1. The van der Waals surface area contributed by atoms with Gasteiger partial charge >= 0.3 is 12.0 Å². The van der Waals surface area contributed by atoms with E-state index in [1.54, 1.807) is 17.0 Å². The zero-order chi connectivity index (χ0) is 14.1. The molecule has 106 valence electrons. The molecule has 1 saturated heterocycles. The number of fused-ring (bicyclic) bond motifs is 1. The van der Waals surface area contributed by atoms with Crippen LogP contribution in [-0.4, -0.2) is 53.1 Å². The Kier molecular flexibility index (Phi) is 3.56. The van der Waals surface area contributed by atoms with Gasteiger partial charge in [0, 0.05) is 36.8 Å². The number of carboxylic acids is 1. The molecule has 0 bridgehead atoms. The quantitative estimate of drug-likeness (QED) is 0.859. The Morgan fingerprint density at radius 1 is 1.15 bits per heavy atom. The molecular weight excluding hydrogens is 276 g/mol. The summed E-state index contributed by atoms with van der Waals surface area (Å²) >= 11 is 1.86. The van der Waals surface area contributed by atoms with Gasteiger partial charge in [0.15, 0.2) is 0 Å². The van der Waals surface area contributed by atoms with E-state index < -0.39 is 5.97 Å². The molecule has 0 aromatic heterocycles. The second-order valence-corrected chi connectivity index (χ2v) is 6.16. The Labute approximate surface area is 121 Å². The highest BCUT2D eigenvalue weighted by Gasteiger charge is 2.29. The van der Waals surface area contributed by atoms with Gasteiger partial charge in [-0.05, 0) is 24.1 Å². The lowest BCUT2D eigenvalue weighted by atomic mass is 10.1. The number of urea groups is 1. The van der Waals surface area contributed by atoms with Crippen molar-refractivity contribution < 1.29 is 14.7 Å². The van der Waals surface area contributed by atoms with E-state index in [1.165, 1.54) is 0 Å². The van der Waals surface area contributed by atoms with Crippen molar-refractivity contribution in [3.05, 3.63) is 29.3 Å². The molecule has 1 N–H and O–H groups in total. The maximum atomic E-state index is 12.5. The minimum absolute atomic E-state index is 0.00610. The third-order valence-corrected chi connectivity index (χ3v) is 4.68. The van der Waals surface area contributed by atoms with Crippen molar-refractivity contribution in [3.8, 4) is 0 Å². The average molecular weight is 292 g/mol. The van der Waals surface area contributed by atoms with Crippen molar-refractivity contribution in [1.82, 2.24) is 4.90 Å². The molecule has 2 aliphatic heterocycles. The zero-order valence-corrected chi connectivity index (χ0v) is 11.9. The molecule has 0 saturated carbocycles. The topological polar surface area (TPSA) is 60.9 Å². The molecule has 1 aromatic rings. The summed E-state index contributed by atoms with van der Waals surface area (Å²) in [6.45, 7) is 2.18. The van der Waals surface area contributed by atoms with Gasteiger partial charge < -0.3 is 10.0 Å². The van der Waals surface area contributed by atoms with Crippen LogP contribution in [0.25, 0.3) is 0 Å². The number of carbonyl (C=O) groups is 2. The Hall–Kier alpha value is -1.69. The first-order valence-corrected chi connectivity index (χ1v) is 7.82. The monoisotopic (exact) mass is 292 g/mol. The van der Waals surface area contributed by atoms with Gasteiger partial charge in [-0.2, -0.15) is 11.8 Å². The fourth-order valence-corrected chi connectivity index (χ4v) is 3.54. The number of hydrogen-bond donors (Lipinski definition) is 1. The second kappa shape index (κ2) is 5.36. The van der Waals surface area contributed by atoms with Gasteiger partial charge in [-0.25, -0.2) is 9.59 Å². The van der Waals surface area contributed by atoms with Crippen molar-refractivity contribution in [3.63, 3.8) is 0 Å². The number of benzene rings is 1. The van der Waals surface area contributed by atoms with E-state index in [1.807, 2.05) is 22.7 Å². The summed E-state index contributed by atoms with van der Waals surface area (Å²) in [6, 6.07) is 5.04. The van der Waals surface area contributed by atoms with Gasteiger partial charge in [-0.1, -0.05) is 6.07 Å². The van der Waals surface area contributed by atoms with E-state index in [4.69, 9.17) is 5.11 Å². The van der Waals surface area contributed by atoms with Crippen LogP contribution >= 0.6 is 11.8 Å². The molecule has 0 unspecified atom stereocenters. The van der Waals surface area contributed by atoms with Crippen LogP contribution in [0, 0.1) is 0 Å². The normalized spacial score (nSPS) is 18.0. The zero-order valence-electron chi connectivity index (χ0n) is 11.0. The van der Waals surface area contributed by atoms with Gasteiger partial charge in [0.05, 0.1) is 5.56 Å². The molecule has 20 heavy (non-hydrogen) atoms. The van der Waals surface area contributed by atoms with Crippen molar-refractivity contribution in [1.29, 1.82) is 0 Å². The highest BCUT2D eigenvalue weighted by atomic mass is 32.2. The van der Waals surface area contributed by atoms with Crippen molar-refractivity contribution in [2.45, 2.75) is 6.42 Å². The smallest absolute Gasteiger partial charge is 0.335 e. The van der Waals surface area contributed by atoms with Gasteiger partial charge in [0.1, 0.15) is 0 Å². The molecule has 1 aromatic carbocycles. The highest BCUT2D eigenvalue weighted by molar-refractivity contribution is 7.99.